The number of esters is 2. The predicted molar refractivity (Wildman–Crippen MR) is 131 cm³/mol. The van der Waals surface area contributed by atoms with Crippen molar-refractivity contribution in [3.05, 3.63) is 24.3 Å². The highest BCUT2D eigenvalue weighted by Crippen LogP contribution is 2.49. The van der Waals surface area contributed by atoms with Crippen LogP contribution in [0.1, 0.15) is 60.8 Å². The van der Waals surface area contributed by atoms with Crippen molar-refractivity contribution in [2.45, 2.75) is 96.9 Å². The van der Waals surface area contributed by atoms with Crippen molar-refractivity contribution in [3.63, 3.8) is 0 Å². The fourth-order valence-electron chi connectivity index (χ4n) is 3.62. The molecule has 8 heteroatoms. The second kappa shape index (κ2) is 11.3. The van der Waals surface area contributed by atoms with Gasteiger partial charge < -0.3 is 23.4 Å². The van der Waals surface area contributed by atoms with Gasteiger partial charge in [-0.1, -0.05) is 47.6 Å². The second-order valence-corrected chi connectivity index (χ2v) is 15.5. The van der Waals surface area contributed by atoms with E-state index < -0.39 is 37.6 Å². The average Bonchev–Trinajstić information content (AvgIpc) is 2.72. The third kappa shape index (κ3) is 6.78. The molecule has 3 atom stereocenters. The highest BCUT2D eigenvalue weighted by atomic mass is 28.4. The summed E-state index contributed by atoms with van der Waals surface area (Å²) < 4.78 is 29.9. The Morgan fingerprint density at radius 3 is 2.27 bits per heavy atom. The van der Waals surface area contributed by atoms with Gasteiger partial charge >= 0.3 is 11.9 Å². The van der Waals surface area contributed by atoms with E-state index in [2.05, 4.69) is 40.4 Å². The highest BCUT2D eigenvalue weighted by molar-refractivity contribution is 6.74. The summed E-state index contributed by atoms with van der Waals surface area (Å²) in [6, 6.07) is 0. The summed E-state index contributed by atoms with van der Waals surface area (Å²) in [6.07, 6.45) is 2.99. The van der Waals surface area contributed by atoms with Crippen LogP contribution in [-0.4, -0.2) is 59.1 Å². The number of hydrogen-bond donors (Lipinski definition) is 0. The molecule has 0 amide bonds. The van der Waals surface area contributed by atoms with Gasteiger partial charge in [-0.15, -0.1) is 6.58 Å². The molecule has 0 saturated carbocycles. The molecule has 1 fully saturated rings. The first-order valence-electron chi connectivity index (χ1n) is 11.6. The largest absolute Gasteiger partial charge is 0.466 e. The van der Waals surface area contributed by atoms with Gasteiger partial charge in [-0.25, -0.2) is 4.79 Å². The summed E-state index contributed by atoms with van der Waals surface area (Å²) in [5.74, 6) is -2.32. The maximum Gasteiger partial charge on any atom is 0.330 e. The number of carbonyl (C=O) groups excluding carboxylic acids is 2. The van der Waals surface area contributed by atoms with Crippen molar-refractivity contribution in [3.8, 4) is 0 Å². The van der Waals surface area contributed by atoms with Crippen molar-refractivity contribution in [2.24, 2.45) is 5.41 Å². The van der Waals surface area contributed by atoms with E-state index in [4.69, 9.17) is 23.4 Å². The van der Waals surface area contributed by atoms with E-state index in [0.29, 0.717) is 25.0 Å². The molecule has 0 bridgehead atoms. The number of rotatable bonds is 10. The smallest absolute Gasteiger partial charge is 0.330 e. The minimum Gasteiger partial charge on any atom is -0.466 e. The Labute approximate surface area is 201 Å². The van der Waals surface area contributed by atoms with Crippen molar-refractivity contribution in [1.29, 1.82) is 0 Å². The molecule has 1 aliphatic heterocycles. The lowest BCUT2D eigenvalue weighted by molar-refractivity contribution is -0.348. The molecule has 0 aromatic rings. The van der Waals surface area contributed by atoms with Gasteiger partial charge in [-0.3, -0.25) is 4.79 Å². The lowest BCUT2D eigenvalue weighted by atomic mass is 9.75. The van der Waals surface area contributed by atoms with Gasteiger partial charge in [0.1, 0.15) is 0 Å². The number of hydrogen-bond acceptors (Lipinski definition) is 7. The van der Waals surface area contributed by atoms with E-state index in [-0.39, 0.29) is 17.6 Å². The maximum atomic E-state index is 12.5. The zero-order valence-corrected chi connectivity index (χ0v) is 23.2. The van der Waals surface area contributed by atoms with Crippen molar-refractivity contribution < 1.29 is 33.0 Å². The van der Waals surface area contributed by atoms with E-state index >= 15 is 0 Å². The quantitative estimate of drug-likeness (QED) is 0.183. The fourth-order valence-corrected chi connectivity index (χ4v) is 4.77. The van der Waals surface area contributed by atoms with Crippen LogP contribution < -0.4 is 0 Å². The molecule has 1 aliphatic rings. The molecule has 0 aromatic carbocycles. The van der Waals surface area contributed by atoms with Crippen LogP contribution in [0.25, 0.3) is 0 Å². The summed E-state index contributed by atoms with van der Waals surface area (Å²) in [7, 11) is 0.758. The number of carbonyl (C=O) groups is 2. The Morgan fingerprint density at radius 1 is 1.21 bits per heavy atom. The lowest BCUT2D eigenvalue weighted by Gasteiger charge is -2.54. The van der Waals surface area contributed by atoms with Crippen LogP contribution in [0, 0.1) is 5.41 Å². The van der Waals surface area contributed by atoms with Gasteiger partial charge in [0.05, 0.1) is 13.2 Å². The number of ether oxygens (including phenoxy) is 4. The fraction of sp³-hybridized carbons (Fsp3) is 0.760. The zero-order chi connectivity index (χ0) is 25.7. The average molecular weight is 485 g/mol. The molecule has 0 aromatic heterocycles. The van der Waals surface area contributed by atoms with Crippen LogP contribution in [0.2, 0.25) is 18.1 Å². The summed E-state index contributed by atoms with van der Waals surface area (Å²) in [5, 5.41) is 0.0200. The van der Waals surface area contributed by atoms with E-state index in [1.54, 1.807) is 13.0 Å². The third-order valence-electron chi connectivity index (χ3n) is 6.81. The molecule has 0 N–H and O–H groups in total. The van der Waals surface area contributed by atoms with Crippen molar-refractivity contribution in [2.75, 3.05) is 20.8 Å². The van der Waals surface area contributed by atoms with Crippen molar-refractivity contribution >= 4 is 20.3 Å². The maximum absolute atomic E-state index is 12.5. The minimum atomic E-state index is -2.09. The Kier molecular flexibility index (Phi) is 10.1. The van der Waals surface area contributed by atoms with Crippen molar-refractivity contribution in [1.82, 2.24) is 0 Å². The number of methoxy groups -OCH3 is 2. The standard InChI is InChI=1S/C25H44O7Si/c1-12-14-19-15-18(16-21(27)28-8)22(31-20(26)13-2)25(29-9,32-19)24(6,7)17-30-33(10,11)23(3,4)5/h12,16,19,22H,1,13-15,17H2,2-11H3/t19-,22+,25-/m1/s1. The van der Waals surface area contributed by atoms with Crippen LogP contribution in [0.5, 0.6) is 0 Å². The normalized spacial score (nSPS) is 25.6. The molecule has 0 radical (unpaired) electrons. The summed E-state index contributed by atoms with van der Waals surface area (Å²) in [5.41, 5.74) is -0.158. The molecular weight excluding hydrogens is 440 g/mol. The summed E-state index contributed by atoms with van der Waals surface area (Å²) in [4.78, 5) is 24.7. The van der Waals surface area contributed by atoms with E-state index in [1.807, 2.05) is 13.8 Å². The Balaban J connectivity index is 3.59. The topological polar surface area (TPSA) is 80.3 Å². The molecule has 190 valence electrons. The van der Waals surface area contributed by atoms with Crippen LogP contribution in [0.3, 0.4) is 0 Å². The molecule has 0 unspecified atom stereocenters. The molecule has 0 spiro atoms. The molecule has 1 rings (SSSR count). The van der Waals surface area contributed by atoms with Crippen LogP contribution in [-0.2, 0) is 33.0 Å². The van der Waals surface area contributed by atoms with Gasteiger partial charge in [0.25, 0.3) is 0 Å². The molecule has 33 heavy (non-hydrogen) atoms. The first-order valence-corrected chi connectivity index (χ1v) is 14.5. The summed E-state index contributed by atoms with van der Waals surface area (Å²) in [6.45, 7) is 20.7. The van der Waals surface area contributed by atoms with Crippen LogP contribution in [0.4, 0.5) is 0 Å². The lowest BCUT2D eigenvalue weighted by Crippen LogP contribution is -2.65. The molecule has 1 saturated heterocycles. The molecule has 7 nitrogen and oxygen atoms in total. The third-order valence-corrected chi connectivity index (χ3v) is 11.3. The predicted octanol–water partition coefficient (Wildman–Crippen LogP) is 5.16. The van der Waals surface area contributed by atoms with Gasteiger partial charge in [0, 0.05) is 31.6 Å². The van der Waals surface area contributed by atoms with E-state index in [9.17, 15) is 9.59 Å². The molecule has 1 heterocycles. The SMILES string of the molecule is C=CC[C@@H]1CC(=CC(=O)OC)[C@H](OC(=O)CC)[C@](OC)(C(C)(C)CO[Si](C)(C)C(C)(C)C)O1. The molecule has 0 aliphatic carbocycles. The monoisotopic (exact) mass is 484 g/mol. The van der Waals surface area contributed by atoms with E-state index in [1.165, 1.54) is 20.3 Å². The Hall–Kier alpha value is -1.48. The first-order chi connectivity index (χ1) is 15.1. The highest BCUT2D eigenvalue weighted by Gasteiger charge is 2.60. The Morgan fingerprint density at radius 2 is 1.82 bits per heavy atom. The van der Waals surface area contributed by atoms with Gasteiger partial charge in [0.15, 0.2) is 14.4 Å². The summed E-state index contributed by atoms with van der Waals surface area (Å²) >= 11 is 0. The zero-order valence-electron chi connectivity index (χ0n) is 22.2. The van der Waals surface area contributed by atoms with Crippen LogP contribution in [0.15, 0.2) is 24.3 Å². The van der Waals surface area contributed by atoms with E-state index in [0.717, 1.165) is 0 Å². The van der Waals surface area contributed by atoms with Crippen LogP contribution >= 0.6 is 0 Å². The molecular formula is C25H44O7Si. The second-order valence-electron chi connectivity index (χ2n) is 10.7. The van der Waals surface area contributed by atoms with Gasteiger partial charge in [0.2, 0.25) is 5.79 Å². The minimum absolute atomic E-state index is 0.0200. The first kappa shape index (κ1) is 29.5. The van der Waals surface area contributed by atoms with Gasteiger partial charge in [-0.05, 0) is 36.5 Å². The Bertz CT molecular complexity index is 736. The van der Waals surface area contributed by atoms with Gasteiger partial charge in [-0.2, -0.15) is 0 Å².